The van der Waals surface area contributed by atoms with Crippen molar-refractivity contribution in [2.75, 3.05) is 13.1 Å². The van der Waals surface area contributed by atoms with Crippen molar-refractivity contribution in [3.05, 3.63) is 95.7 Å². The van der Waals surface area contributed by atoms with E-state index in [0.717, 1.165) is 16.8 Å². The van der Waals surface area contributed by atoms with Gasteiger partial charge in [0.1, 0.15) is 11.5 Å². The van der Waals surface area contributed by atoms with Crippen molar-refractivity contribution in [2.45, 2.75) is 19.4 Å². The normalized spacial score (nSPS) is 15.7. The van der Waals surface area contributed by atoms with Gasteiger partial charge < -0.3 is 9.64 Å². The van der Waals surface area contributed by atoms with Gasteiger partial charge in [-0.1, -0.05) is 30.3 Å². The molecule has 5 rings (SSSR count). The van der Waals surface area contributed by atoms with Gasteiger partial charge in [-0.15, -0.1) is 0 Å². The number of aryl methyl sites for hydroxylation is 1. The summed E-state index contributed by atoms with van der Waals surface area (Å²) < 4.78 is 9.45. The van der Waals surface area contributed by atoms with Crippen LogP contribution in [0.2, 0.25) is 0 Å². The Kier molecular flexibility index (Phi) is 5.30. The molecule has 1 aliphatic rings. The van der Waals surface area contributed by atoms with E-state index in [2.05, 4.69) is 11.6 Å². The lowest BCUT2D eigenvalue weighted by Gasteiger charge is -2.15. The fourth-order valence-corrected chi connectivity index (χ4v) is 4.38. The lowest BCUT2D eigenvalue weighted by atomic mass is 10.2. The summed E-state index contributed by atoms with van der Waals surface area (Å²) in [5.41, 5.74) is 3.19. The molecule has 33 heavy (non-hydrogen) atoms. The summed E-state index contributed by atoms with van der Waals surface area (Å²) in [6.45, 7) is 6.67. The zero-order valence-corrected chi connectivity index (χ0v) is 18.3. The molecule has 1 atom stereocenters. The van der Waals surface area contributed by atoms with Crippen LogP contribution in [0.25, 0.3) is 16.7 Å². The average Bonchev–Trinajstić information content (AvgIpc) is 3.42. The van der Waals surface area contributed by atoms with E-state index in [-0.39, 0.29) is 17.6 Å². The summed E-state index contributed by atoms with van der Waals surface area (Å²) in [5.74, 6) is 1.25. The molecule has 166 valence electrons. The third-order valence-corrected chi connectivity index (χ3v) is 6.02. The van der Waals surface area contributed by atoms with E-state index in [0.29, 0.717) is 36.5 Å². The fraction of sp³-hybridized carbons (Fsp3) is 0.192. The molecule has 7 nitrogen and oxygen atoms in total. The second-order valence-corrected chi connectivity index (χ2v) is 8.20. The van der Waals surface area contributed by atoms with Gasteiger partial charge in [0, 0.05) is 25.4 Å². The quantitative estimate of drug-likeness (QED) is 0.435. The van der Waals surface area contributed by atoms with Gasteiger partial charge in [0.05, 0.1) is 29.0 Å². The molecule has 1 aliphatic heterocycles. The molecular formula is C26H24N4O3. The molecule has 0 spiro atoms. The molecule has 2 aromatic heterocycles. The van der Waals surface area contributed by atoms with Crippen molar-refractivity contribution < 1.29 is 9.53 Å². The van der Waals surface area contributed by atoms with E-state index in [1.807, 2.05) is 61.5 Å². The van der Waals surface area contributed by atoms with Crippen molar-refractivity contribution in [1.82, 2.24) is 19.0 Å². The molecule has 1 unspecified atom stereocenters. The molecular weight excluding hydrogens is 416 g/mol. The minimum atomic E-state index is -0.164. The summed E-state index contributed by atoms with van der Waals surface area (Å²) in [4.78, 5) is 31.7. The predicted octanol–water partition coefficient (Wildman–Crippen LogP) is 4.25. The Morgan fingerprint density at radius 3 is 2.73 bits per heavy atom. The number of carbonyl (C=O) groups excluding carboxylic acids is 1. The summed E-state index contributed by atoms with van der Waals surface area (Å²) in [6.07, 6.45) is 5.40. The Bertz CT molecular complexity index is 1400. The van der Waals surface area contributed by atoms with Gasteiger partial charge in [-0.2, -0.15) is 0 Å². The van der Waals surface area contributed by atoms with E-state index in [1.54, 1.807) is 26.4 Å². The number of pyridine rings is 1. The molecule has 0 aliphatic carbocycles. The molecule has 0 radical (unpaired) electrons. The number of fused-ring (bicyclic) bond motifs is 1. The van der Waals surface area contributed by atoms with Crippen molar-refractivity contribution in [1.29, 1.82) is 0 Å². The summed E-state index contributed by atoms with van der Waals surface area (Å²) >= 11 is 0. The number of amides is 1. The van der Waals surface area contributed by atoms with Crippen LogP contribution in [0.3, 0.4) is 0 Å². The zero-order valence-electron chi connectivity index (χ0n) is 18.3. The van der Waals surface area contributed by atoms with Crippen LogP contribution < -0.4 is 10.4 Å². The Hall–Kier alpha value is -4.13. The zero-order chi connectivity index (χ0) is 22.9. The number of carbonyl (C=O) groups is 1. The first-order valence-electron chi connectivity index (χ1n) is 10.9. The maximum Gasteiger partial charge on any atom is 0.334 e. The smallest absolute Gasteiger partial charge is 0.334 e. The molecule has 0 N–H and O–H groups in total. The molecule has 3 heterocycles. The molecule has 0 bridgehead atoms. The third-order valence-electron chi connectivity index (χ3n) is 6.02. The first-order chi connectivity index (χ1) is 16.0. The maximum atomic E-state index is 13.7. The number of imidazole rings is 1. The highest BCUT2D eigenvalue weighted by Crippen LogP contribution is 2.28. The fourth-order valence-electron chi connectivity index (χ4n) is 4.38. The van der Waals surface area contributed by atoms with Crippen molar-refractivity contribution in [3.8, 4) is 17.2 Å². The van der Waals surface area contributed by atoms with Crippen LogP contribution in [0.1, 0.15) is 18.0 Å². The van der Waals surface area contributed by atoms with E-state index in [9.17, 15) is 9.59 Å². The van der Waals surface area contributed by atoms with E-state index in [1.165, 1.54) is 6.08 Å². The lowest BCUT2D eigenvalue weighted by Crippen LogP contribution is -2.31. The standard InChI is InChI=1S/C26H24N4O3/c1-3-25(31)28-14-12-20(17-28)30-23-11-13-27-16-24(23)29(26(30)32)19-5-4-6-22(15-19)33-21-9-7-18(2)8-10-21/h3-11,13,15-16,20H,1,12,14,17H2,2H3. The lowest BCUT2D eigenvalue weighted by molar-refractivity contribution is -0.125. The van der Waals surface area contributed by atoms with Crippen LogP contribution in [0.15, 0.2) is 84.4 Å². The van der Waals surface area contributed by atoms with Crippen LogP contribution in [0.5, 0.6) is 11.5 Å². The SMILES string of the molecule is C=CC(=O)N1CCC(n2c(=O)n(-c3cccc(Oc4ccc(C)cc4)c3)c3cnccc32)C1. The van der Waals surface area contributed by atoms with Gasteiger partial charge in [-0.25, -0.2) is 4.79 Å². The van der Waals surface area contributed by atoms with Gasteiger partial charge in [0.2, 0.25) is 5.91 Å². The second kappa shape index (κ2) is 8.43. The minimum absolute atomic E-state index is 0.112. The Morgan fingerprint density at radius 2 is 1.94 bits per heavy atom. The number of hydrogen-bond donors (Lipinski definition) is 0. The molecule has 7 heteroatoms. The number of nitrogens with zero attached hydrogens (tertiary/aromatic N) is 4. The number of aromatic nitrogens is 3. The van der Waals surface area contributed by atoms with E-state index >= 15 is 0 Å². The van der Waals surface area contributed by atoms with Gasteiger partial charge in [-0.3, -0.25) is 18.9 Å². The number of hydrogen-bond acceptors (Lipinski definition) is 4. The maximum absolute atomic E-state index is 13.7. The van der Waals surface area contributed by atoms with Crippen molar-refractivity contribution >= 4 is 16.9 Å². The highest BCUT2D eigenvalue weighted by molar-refractivity contribution is 5.87. The Morgan fingerprint density at radius 1 is 1.12 bits per heavy atom. The molecule has 1 amide bonds. The molecule has 2 aromatic carbocycles. The first kappa shape index (κ1) is 20.8. The van der Waals surface area contributed by atoms with Gasteiger partial charge in [0.15, 0.2) is 0 Å². The van der Waals surface area contributed by atoms with Gasteiger partial charge in [-0.05, 0) is 49.8 Å². The van der Waals surface area contributed by atoms with E-state index in [4.69, 9.17) is 4.74 Å². The number of ether oxygens (including phenoxy) is 1. The average molecular weight is 441 g/mol. The third kappa shape index (κ3) is 3.82. The molecule has 1 saturated heterocycles. The monoisotopic (exact) mass is 440 g/mol. The number of rotatable bonds is 5. The highest BCUT2D eigenvalue weighted by Gasteiger charge is 2.30. The molecule has 0 saturated carbocycles. The summed E-state index contributed by atoms with van der Waals surface area (Å²) in [5, 5.41) is 0. The van der Waals surface area contributed by atoms with Crippen LogP contribution in [0, 0.1) is 6.92 Å². The second-order valence-electron chi connectivity index (χ2n) is 8.20. The topological polar surface area (TPSA) is 69.4 Å². The largest absolute Gasteiger partial charge is 0.457 e. The van der Waals surface area contributed by atoms with Crippen molar-refractivity contribution in [2.24, 2.45) is 0 Å². The summed E-state index contributed by atoms with van der Waals surface area (Å²) in [6, 6.07) is 17.0. The van der Waals surface area contributed by atoms with Crippen LogP contribution in [-0.4, -0.2) is 38.0 Å². The highest BCUT2D eigenvalue weighted by atomic mass is 16.5. The van der Waals surface area contributed by atoms with Crippen molar-refractivity contribution in [3.63, 3.8) is 0 Å². The minimum Gasteiger partial charge on any atom is -0.457 e. The van der Waals surface area contributed by atoms with Crippen LogP contribution in [-0.2, 0) is 4.79 Å². The van der Waals surface area contributed by atoms with E-state index < -0.39 is 0 Å². The predicted molar refractivity (Wildman–Crippen MR) is 127 cm³/mol. The molecule has 1 fully saturated rings. The number of benzene rings is 2. The Labute approximate surface area is 191 Å². The van der Waals surface area contributed by atoms with Gasteiger partial charge in [0.25, 0.3) is 0 Å². The Balaban J connectivity index is 1.55. The molecule has 4 aromatic rings. The summed E-state index contributed by atoms with van der Waals surface area (Å²) in [7, 11) is 0. The van der Waals surface area contributed by atoms with Crippen LogP contribution >= 0.6 is 0 Å². The van der Waals surface area contributed by atoms with Crippen LogP contribution in [0.4, 0.5) is 0 Å². The van der Waals surface area contributed by atoms with Gasteiger partial charge >= 0.3 is 5.69 Å². The number of likely N-dealkylation sites (tertiary alicyclic amines) is 1. The first-order valence-corrected chi connectivity index (χ1v) is 10.9.